The van der Waals surface area contributed by atoms with E-state index in [1.165, 1.54) is 6.26 Å². The van der Waals surface area contributed by atoms with E-state index >= 15 is 0 Å². The summed E-state index contributed by atoms with van der Waals surface area (Å²) < 4.78 is 7.12. The molecule has 1 aliphatic rings. The lowest BCUT2D eigenvalue weighted by molar-refractivity contribution is 0.0918. The number of carbonyl (C=O) groups excluding carboxylic acids is 1. The summed E-state index contributed by atoms with van der Waals surface area (Å²) in [5, 5.41) is 7.36. The van der Waals surface area contributed by atoms with E-state index in [1.54, 1.807) is 10.9 Å². The van der Waals surface area contributed by atoms with Crippen molar-refractivity contribution in [1.29, 1.82) is 0 Å². The van der Waals surface area contributed by atoms with Crippen molar-refractivity contribution in [3.05, 3.63) is 48.5 Å². The molecule has 1 aliphatic carbocycles. The first-order valence-corrected chi connectivity index (χ1v) is 9.27. The first kappa shape index (κ1) is 17.3. The van der Waals surface area contributed by atoms with E-state index in [9.17, 15) is 4.79 Å². The molecule has 1 fully saturated rings. The molecule has 2 heterocycles. The third kappa shape index (κ3) is 3.58. The van der Waals surface area contributed by atoms with Crippen LogP contribution >= 0.6 is 0 Å². The quantitative estimate of drug-likeness (QED) is 0.738. The van der Waals surface area contributed by atoms with E-state index in [2.05, 4.69) is 22.3 Å². The summed E-state index contributed by atoms with van der Waals surface area (Å²) in [6, 6.07) is 9.78. The fourth-order valence-electron chi connectivity index (χ4n) is 3.46. The number of benzene rings is 1. The molecule has 3 N–H and O–H groups in total. The average Bonchev–Trinajstić information content (AvgIpc) is 3.31. The lowest BCUT2D eigenvalue weighted by Gasteiger charge is -2.26. The first-order valence-electron chi connectivity index (χ1n) is 9.27. The smallest absolute Gasteiger partial charge is 0.273 e. The van der Waals surface area contributed by atoms with E-state index < -0.39 is 0 Å². The number of nitrogens with two attached hydrogens (primary N) is 1. The number of amides is 1. The van der Waals surface area contributed by atoms with Crippen molar-refractivity contribution in [3.63, 3.8) is 0 Å². The number of nitrogen functional groups attached to an aromatic ring is 1. The van der Waals surface area contributed by atoms with E-state index in [4.69, 9.17) is 10.2 Å². The number of anilines is 1. The number of carbonyl (C=O) groups is 1. The molecule has 1 aromatic carbocycles. The Balaban J connectivity index is 1.50. The highest BCUT2D eigenvalue weighted by Crippen LogP contribution is 2.27. The first-order chi connectivity index (χ1) is 13.1. The van der Waals surface area contributed by atoms with Gasteiger partial charge in [0, 0.05) is 6.04 Å². The fraction of sp³-hybridized carbons (Fsp3) is 0.350. The van der Waals surface area contributed by atoms with Crippen molar-refractivity contribution in [2.24, 2.45) is 5.92 Å². The number of oxazole rings is 1. The Bertz CT molecular complexity index is 923. The number of nitrogens with one attached hydrogen (secondary N) is 1. The zero-order valence-electron chi connectivity index (χ0n) is 15.3. The van der Waals surface area contributed by atoms with Gasteiger partial charge < -0.3 is 15.5 Å². The number of rotatable bonds is 4. The lowest BCUT2D eigenvalue weighted by Crippen LogP contribution is -2.37. The summed E-state index contributed by atoms with van der Waals surface area (Å²) in [6.45, 7) is 2.25. The molecule has 27 heavy (non-hydrogen) atoms. The standard InChI is InChI=1S/C20H23N5O2/c1-13-7-9-14(10-8-13)23-19(26)17-12-27-20(24-17)16-11-22-25(18(16)21)15-5-3-2-4-6-15/h2-6,11-14H,7-10,21H2,1H3,(H,23,26). The Labute approximate surface area is 157 Å². The van der Waals surface area contributed by atoms with Crippen molar-refractivity contribution < 1.29 is 9.21 Å². The average molecular weight is 365 g/mol. The van der Waals surface area contributed by atoms with Gasteiger partial charge >= 0.3 is 0 Å². The molecule has 1 amide bonds. The van der Waals surface area contributed by atoms with Crippen LogP contribution < -0.4 is 11.1 Å². The van der Waals surface area contributed by atoms with Gasteiger partial charge in [-0.05, 0) is 43.7 Å². The number of para-hydroxylation sites is 1. The Morgan fingerprint density at radius 3 is 2.70 bits per heavy atom. The molecule has 0 spiro atoms. The molecule has 0 unspecified atom stereocenters. The zero-order valence-corrected chi connectivity index (χ0v) is 15.3. The van der Waals surface area contributed by atoms with Crippen molar-refractivity contribution in [3.8, 4) is 17.1 Å². The van der Waals surface area contributed by atoms with Crippen LogP contribution in [0.15, 0.2) is 47.2 Å². The normalized spacial score (nSPS) is 19.7. The highest BCUT2D eigenvalue weighted by Gasteiger charge is 2.23. The number of hydrogen-bond acceptors (Lipinski definition) is 5. The minimum absolute atomic E-state index is 0.208. The third-order valence-corrected chi connectivity index (χ3v) is 5.13. The Morgan fingerprint density at radius 1 is 1.22 bits per heavy atom. The molecule has 7 heteroatoms. The van der Waals surface area contributed by atoms with Crippen LogP contribution in [0.2, 0.25) is 0 Å². The van der Waals surface area contributed by atoms with Gasteiger partial charge in [0.15, 0.2) is 5.69 Å². The molecular weight excluding hydrogens is 342 g/mol. The molecule has 0 radical (unpaired) electrons. The molecule has 0 aliphatic heterocycles. The summed E-state index contributed by atoms with van der Waals surface area (Å²) in [4.78, 5) is 16.8. The molecule has 0 atom stereocenters. The SMILES string of the molecule is CC1CCC(NC(=O)c2coc(-c3cnn(-c4ccccc4)c3N)n2)CC1. The van der Waals surface area contributed by atoms with Crippen molar-refractivity contribution in [1.82, 2.24) is 20.1 Å². The van der Waals surface area contributed by atoms with Crippen LogP contribution in [-0.2, 0) is 0 Å². The summed E-state index contributed by atoms with van der Waals surface area (Å²) in [7, 11) is 0. The molecule has 3 aromatic rings. The molecule has 2 aromatic heterocycles. The van der Waals surface area contributed by atoms with Crippen LogP contribution in [0, 0.1) is 5.92 Å². The maximum atomic E-state index is 12.5. The fourth-order valence-corrected chi connectivity index (χ4v) is 3.46. The monoisotopic (exact) mass is 365 g/mol. The van der Waals surface area contributed by atoms with E-state index in [0.717, 1.165) is 37.3 Å². The van der Waals surface area contributed by atoms with E-state index in [0.29, 0.717) is 11.4 Å². The van der Waals surface area contributed by atoms with Gasteiger partial charge in [-0.1, -0.05) is 25.1 Å². The Kier molecular flexibility index (Phi) is 4.66. The second kappa shape index (κ2) is 7.26. The van der Waals surface area contributed by atoms with E-state index in [1.807, 2.05) is 30.3 Å². The van der Waals surface area contributed by atoms with Gasteiger partial charge in [-0.2, -0.15) is 5.10 Å². The Hall–Kier alpha value is -3.09. The van der Waals surface area contributed by atoms with Crippen LogP contribution in [0.5, 0.6) is 0 Å². The maximum absolute atomic E-state index is 12.5. The lowest BCUT2D eigenvalue weighted by atomic mass is 9.87. The predicted octanol–water partition coefficient (Wildman–Crippen LogP) is 3.42. The van der Waals surface area contributed by atoms with Crippen LogP contribution in [0.1, 0.15) is 43.1 Å². The third-order valence-electron chi connectivity index (χ3n) is 5.13. The van der Waals surface area contributed by atoms with Crippen LogP contribution in [-0.4, -0.2) is 26.7 Å². The molecule has 1 saturated carbocycles. The zero-order chi connectivity index (χ0) is 18.8. The van der Waals surface area contributed by atoms with Crippen LogP contribution in [0.4, 0.5) is 5.82 Å². The molecular formula is C20H23N5O2. The summed E-state index contributed by atoms with van der Waals surface area (Å²) in [5.41, 5.74) is 7.88. The largest absolute Gasteiger partial charge is 0.443 e. The van der Waals surface area contributed by atoms with Gasteiger partial charge in [-0.3, -0.25) is 4.79 Å². The number of hydrogen-bond donors (Lipinski definition) is 2. The van der Waals surface area contributed by atoms with Gasteiger partial charge in [-0.25, -0.2) is 9.67 Å². The second-order valence-electron chi connectivity index (χ2n) is 7.16. The highest BCUT2D eigenvalue weighted by molar-refractivity contribution is 5.92. The minimum Gasteiger partial charge on any atom is -0.443 e. The van der Waals surface area contributed by atoms with Crippen LogP contribution in [0.3, 0.4) is 0 Å². The minimum atomic E-state index is -0.210. The van der Waals surface area contributed by atoms with Crippen molar-refractivity contribution in [2.45, 2.75) is 38.6 Å². The molecule has 4 rings (SSSR count). The maximum Gasteiger partial charge on any atom is 0.273 e. The Morgan fingerprint density at radius 2 is 1.96 bits per heavy atom. The van der Waals surface area contributed by atoms with E-state index in [-0.39, 0.29) is 23.5 Å². The van der Waals surface area contributed by atoms with Gasteiger partial charge in [0.25, 0.3) is 5.91 Å². The topological polar surface area (TPSA) is 99.0 Å². The van der Waals surface area contributed by atoms with Gasteiger partial charge in [0.1, 0.15) is 12.1 Å². The summed E-state index contributed by atoms with van der Waals surface area (Å²) in [6.07, 6.45) is 7.27. The van der Waals surface area contributed by atoms with Crippen LogP contribution in [0.25, 0.3) is 17.1 Å². The van der Waals surface area contributed by atoms with Gasteiger partial charge in [-0.15, -0.1) is 0 Å². The molecule has 0 bridgehead atoms. The highest BCUT2D eigenvalue weighted by atomic mass is 16.3. The van der Waals surface area contributed by atoms with Crippen molar-refractivity contribution >= 4 is 11.7 Å². The number of aromatic nitrogens is 3. The summed E-state index contributed by atoms with van der Waals surface area (Å²) >= 11 is 0. The molecule has 140 valence electrons. The molecule has 7 nitrogen and oxygen atoms in total. The summed E-state index contributed by atoms with van der Waals surface area (Å²) in [5.74, 6) is 1.23. The number of nitrogens with zero attached hydrogens (tertiary/aromatic N) is 3. The predicted molar refractivity (Wildman–Crippen MR) is 102 cm³/mol. The molecule has 0 saturated heterocycles. The van der Waals surface area contributed by atoms with Gasteiger partial charge in [0.2, 0.25) is 5.89 Å². The second-order valence-corrected chi connectivity index (χ2v) is 7.16. The van der Waals surface area contributed by atoms with Gasteiger partial charge in [0.05, 0.1) is 17.4 Å². The van der Waals surface area contributed by atoms with Crippen molar-refractivity contribution in [2.75, 3.05) is 5.73 Å².